The van der Waals surface area contributed by atoms with Crippen LogP contribution in [0.3, 0.4) is 0 Å². The molecule has 3 heterocycles. The lowest BCUT2D eigenvalue weighted by atomic mass is 10.2. The number of nitrogens with one attached hydrogen (secondary N) is 1. The lowest BCUT2D eigenvalue weighted by Gasteiger charge is -2.13. The number of pyridine rings is 2. The van der Waals surface area contributed by atoms with Gasteiger partial charge in [0.2, 0.25) is 0 Å². The Labute approximate surface area is 152 Å². The molecule has 0 aliphatic carbocycles. The quantitative estimate of drug-likeness (QED) is 0.686. The molecule has 0 spiro atoms. The van der Waals surface area contributed by atoms with E-state index in [4.69, 9.17) is 4.74 Å². The SMILES string of the molecule is CCCn1c(=O)[nH]c(=O)c2cc(C(=O)O[C@@H](C)c3cncc(F)c3)cnc21. The maximum Gasteiger partial charge on any atom is 0.340 e. The average Bonchev–Trinajstić information content (AvgIpc) is 2.64. The Bertz CT molecular complexity index is 1120. The number of rotatable bonds is 5. The van der Waals surface area contributed by atoms with E-state index >= 15 is 0 Å². The zero-order valence-corrected chi connectivity index (χ0v) is 14.7. The van der Waals surface area contributed by atoms with Gasteiger partial charge in [-0.3, -0.25) is 19.3 Å². The minimum atomic E-state index is -0.747. The van der Waals surface area contributed by atoms with Crippen LogP contribution in [0.5, 0.6) is 0 Å². The van der Waals surface area contributed by atoms with E-state index in [1.165, 1.54) is 29.1 Å². The van der Waals surface area contributed by atoms with Crippen molar-refractivity contribution in [1.82, 2.24) is 19.5 Å². The average molecular weight is 372 g/mol. The summed E-state index contributed by atoms with van der Waals surface area (Å²) in [5.74, 6) is -1.27. The standard InChI is InChI=1S/C18H17FN4O4/c1-3-4-23-15-14(16(24)22-18(23)26)6-12(8-21-15)17(25)27-10(2)11-5-13(19)9-20-7-11/h5-10H,3-4H2,1-2H3,(H,22,24,26)/t10-/m0/s1. The normalized spacial score (nSPS) is 12.1. The minimum Gasteiger partial charge on any atom is -0.454 e. The van der Waals surface area contributed by atoms with E-state index in [0.29, 0.717) is 18.5 Å². The van der Waals surface area contributed by atoms with Crippen LogP contribution < -0.4 is 11.2 Å². The highest BCUT2D eigenvalue weighted by Crippen LogP contribution is 2.19. The minimum absolute atomic E-state index is 0.0471. The van der Waals surface area contributed by atoms with E-state index in [2.05, 4.69) is 15.0 Å². The molecule has 0 amide bonds. The zero-order chi connectivity index (χ0) is 19.6. The number of nitrogens with zero attached hydrogens (tertiary/aromatic N) is 3. The lowest BCUT2D eigenvalue weighted by molar-refractivity contribution is 0.0336. The number of aryl methyl sites for hydroxylation is 1. The molecule has 0 aliphatic rings. The third kappa shape index (κ3) is 3.76. The van der Waals surface area contributed by atoms with Gasteiger partial charge >= 0.3 is 11.7 Å². The first-order chi connectivity index (χ1) is 12.9. The predicted molar refractivity (Wildman–Crippen MR) is 94.9 cm³/mol. The second-order valence-electron chi connectivity index (χ2n) is 5.99. The number of fused-ring (bicyclic) bond motifs is 1. The van der Waals surface area contributed by atoms with Gasteiger partial charge in [0.25, 0.3) is 5.56 Å². The van der Waals surface area contributed by atoms with E-state index in [1.54, 1.807) is 6.92 Å². The number of halogens is 1. The van der Waals surface area contributed by atoms with Gasteiger partial charge in [-0.05, 0) is 25.5 Å². The maximum absolute atomic E-state index is 13.3. The second kappa shape index (κ2) is 7.48. The van der Waals surface area contributed by atoms with Crippen LogP contribution in [0.1, 0.15) is 42.3 Å². The Morgan fingerprint density at radius 2 is 2.07 bits per heavy atom. The third-order valence-electron chi connectivity index (χ3n) is 3.99. The summed E-state index contributed by atoms with van der Waals surface area (Å²) in [5, 5.41) is 0.109. The largest absolute Gasteiger partial charge is 0.454 e. The fraction of sp³-hybridized carbons (Fsp3) is 0.278. The van der Waals surface area contributed by atoms with Crippen molar-refractivity contribution in [2.45, 2.75) is 32.9 Å². The summed E-state index contributed by atoms with van der Waals surface area (Å²) in [6, 6.07) is 2.55. The van der Waals surface area contributed by atoms with E-state index in [0.717, 1.165) is 6.20 Å². The molecule has 0 aromatic carbocycles. The van der Waals surface area contributed by atoms with Crippen molar-refractivity contribution in [3.8, 4) is 0 Å². The number of hydrogen-bond acceptors (Lipinski definition) is 6. The third-order valence-corrected chi connectivity index (χ3v) is 3.99. The second-order valence-corrected chi connectivity index (χ2v) is 5.99. The number of carbonyl (C=O) groups excluding carboxylic acids is 1. The van der Waals surface area contributed by atoms with Gasteiger partial charge in [-0.1, -0.05) is 6.92 Å². The molecule has 0 saturated carbocycles. The van der Waals surface area contributed by atoms with E-state index in [9.17, 15) is 18.8 Å². The highest BCUT2D eigenvalue weighted by Gasteiger charge is 2.17. The molecule has 0 aliphatic heterocycles. The molecular formula is C18H17FN4O4. The van der Waals surface area contributed by atoms with Gasteiger partial charge in [0.15, 0.2) is 0 Å². The zero-order valence-electron chi connectivity index (χ0n) is 14.7. The van der Waals surface area contributed by atoms with Crippen molar-refractivity contribution in [1.29, 1.82) is 0 Å². The first kappa shape index (κ1) is 18.4. The van der Waals surface area contributed by atoms with Gasteiger partial charge in [-0.15, -0.1) is 0 Å². The van der Waals surface area contributed by atoms with Crippen LogP contribution in [0, 0.1) is 5.82 Å². The highest BCUT2D eigenvalue weighted by molar-refractivity contribution is 5.92. The Morgan fingerprint density at radius 1 is 1.30 bits per heavy atom. The number of aromatic amines is 1. The molecule has 0 fully saturated rings. The predicted octanol–water partition coefficient (Wildman–Crippen LogP) is 1.95. The van der Waals surface area contributed by atoms with E-state index < -0.39 is 29.1 Å². The van der Waals surface area contributed by atoms with Gasteiger partial charge in [0, 0.05) is 24.5 Å². The van der Waals surface area contributed by atoms with Gasteiger partial charge in [-0.2, -0.15) is 0 Å². The van der Waals surface area contributed by atoms with Gasteiger partial charge in [0.05, 0.1) is 17.1 Å². The number of aromatic nitrogens is 4. The van der Waals surface area contributed by atoms with Crippen molar-refractivity contribution in [2.24, 2.45) is 0 Å². The first-order valence-corrected chi connectivity index (χ1v) is 8.35. The van der Waals surface area contributed by atoms with Crippen LogP contribution in [0.2, 0.25) is 0 Å². The number of H-pyrrole nitrogens is 1. The Morgan fingerprint density at radius 3 is 2.78 bits per heavy atom. The summed E-state index contributed by atoms with van der Waals surface area (Å²) in [5.41, 5.74) is -0.543. The molecule has 3 aromatic heterocycles. The summed E-state index contributed by atoms with van der Waals surface area (Å²) >= 11 is 0. The van der Waals surface area contributed by atoms with Crippen molar-refractivity contribution >= 4 is 17.0 Å². The summed E-state index contributed by atoms with van der Waals surface area (Å²) in [6.45, 7) is 3.85. The van der Waals surface area contributed by atoms with Gasteiger partial charge in [-0.25, -0.2) is 19.0 Å². The summed E-state index contributed by atoms with van der Waals surface area (Å²) in [4.78, 5) is 46.5. The van der Waals surface area contributed by atoms with E-state index in [-0.39, 0.29) is 16.6 Å². The maximum atomic E-state index is 13.3. The Kier molecular flexibility index (Phi) is 5.11. The van der Waals surface area contributed by atoms with Crippen LogP contribution in [0.25, 0.3) is 11.0 Å². The molecule has 1 N–H and O–H groups in total. The first-order valence-electron chi connectivity index (χ1n) is 8.35. The van der Waals surface area contributed by atoms with Crippen LogP contribution in [0.15, 0.2) is 40.3 Å². The fourth-order valence-corrected chi connectivity index (χ4v) is 2.66. The van der Waals surface area contributed by atoms with Gasteiger partial charge in [0.1, 0.15) is 17.6 Å². The number of hydrogen-bond donors (Lipinski definition) is 1. The molecule has 3 rings (SSSR count). The van der Waals surface area contributed by atoms with Crippen LogP contribution >= 0.6 is 0 Å². The molecule has 3 aromatic rings. The number of ether oxygens (including phenoxy) is 1. The van der Waals surface area contributed by atoms with Crippen molar-refractivity contribution in [3.05, 3.63) is 68.5 Å². The monoisotopic (exact) mass is 372 g/mol. The molecule has 0 saturated heterocycles. The van der Waals surface area contributed by atoms with Gasteiger partial charge < -0.3 is 4.74 Å². The Balaban J connectivity index is 1.94. The van der Waals surface area contributed by atoms with Crippen molar-refractivity contribution in [3.63, 3.8) is 0 Å². The number of carbonyl (C=O) groups is 1. The molecule has 1 atom stereocenters. The molecule has 8 nitrogen and oxygen atoms in total. The summed E-state index contributed by atoms with van der Waals surface area (Å²) < 4.78 is 19.9. The fourth-order valence-electron chi connectivity index (χ4n) is 2.66. The molecule has 0 bridgehead atoms. The Hall–Kier alpha value is -3.36. The molecular weight excluding hydrogens is 355 g/mol. The summed E-state index contributed by atoms with van der Waals surface area (Å²) in [6.07, 6.45) is 3.61. The van der Waals surface area contributed by atoms with Crippen molar-refractivity contribution < 1.29 is 13.9 Å². The smallest absolute Gasteiger partial charge is 0.340 e. The lowest BCUT2D eigenvalue weighted by Crippen LogP contribution is -2.31. The molecule has 27 heavy (non-hydrogen) atoms. The topological polar surface area (TPSA) is 107 Å². The highest BCUT2D eigenvalue weighted by atomic mass is 19.1. The summed E-state index contributed by atoms with van der Waals surface area (Å²) in [7, 11) is 0. The van der Waals surface area contributed by atoms with Crippen LogP contribution in [-0.2, 0) is 11.3 Å². The van der Waals surface area contributed by atoms with E-state index in [1.807, 2.05) is 6.92 Å². The van der Waals surface area contributed by atoms with Crippen LogP contribution in [0.4, 0.5) is 4.39 Å². The molecule has 0 radical (unpaired) electrons. The van der Waals surface area contributed by atoms with Crippen molar-refractivity contribution in [2.75, 3.05) is 0 Å². The molecule has 9 heteroatoms. The molecule has 0 unspecified atom stereocenters. The van der Waals surface area contributed by atoms with Crippen LogP contribution in [-0.4, -0.2) is 25.5 Å². The molecule has 140 valence electrons. The number of esters is 1.